The van der Waals surface area contributed by atoms with Crippen LogP contribution >= 0.6 is 0 Å². The number of nitrogens with zero attached hydrogens (tertiary/aromatic N) is 1. The fourth-order valence-corrected chi connectivity index (χ4v) is 11.9. The van der Waals surface area contributed by atoms with Crippen molar-refractivity contribution >= 4 is 17.6 Å². The van der Waals surface area contributed by atoms with Gasteiger partial charge >= 0.3 is 0 Å². The van der Waals surface area contributed by atoms with Gasteiger partial charge in [0.05, 0.1) is 25.9 Å². The van der Waals surface area contributed by atoms with Crippen molar-refractivity contribution in [2.75, 3.05) is 46.0 Å². The highest BCUT2D eigenvalue weighted by molar-refractivity contribution is 5.97. The maximum absolute atomic E-state index is 14.4. The summed E-state index contributed by atoms with van der Waals surface area (Å²) >= 11 is 0. The molecule has 46 heavy (non-hydrogen) atoms. The van der Waals surface area contributed by atoms with Crippen LogP contribution < -0.4 is 10.6 Å². The van der Waals surface area contributed by atoms with Crippen LogP contribution in [-0.2, 0) is 28.6 Å². The maximum atomic E-state index is 14.4. The van der Waals surface area contributed by atoms with Crippen molar-refractivity contribution in [1.82, 2.24) is 15.5 Å². The van der Waals surface area contributed by atoms with Gasteiger partial charge in [-0.2, -0.15) is 0 Å². The maximum Gasteiger partial charge on any atom is 0.229 e. The zero-order valence-electron chi connectivity index (χ0n) is 28.8. The van der Waals surface area contributed by atoms with Crippen molar-refractivity contribution in [3.8, 4) is 0 Å². The van der Waals surface area contributed by atoms with E-state index in [0.717, 1.165) is 90.8 Å². The van der Waals surface area contributed by atoms with E-state index in [1.165, 1.54) is 6.42 Å². The molecule has 7 fully saturated rings. The van der Waals surface area contributed by atoms with Gasteiger partial charge in [-0.3, -0.25) is 19.3 Å². The predicted molar refractivity (Wildman–Crippen MR) is 174 cm³/mol. The first-order chi connectivity index (χ1) is 22.0. The molecule has 0 unspecified atom stereocenters. The topological polar surface area (TPSA) is 106 Å². The summed E-state index contributed by atoms with van der Waals surface area (Å²) in [5.74, 6) is 2.52. The minimum absolute atomic E-state index is 0.107. The number of amides is 2. The van der Waals surface area contributed by atoms with E-state index >= 15 is 0 Å². The Morgan fingerprint density at radius 3 is 2.54 bits per heavy atom. The molecule has 0 aromatic rings. The molecule has 0 aromatic heterocycles. The van der Waals surface area contributed by atoms with Gasteiger partial charge in [0.1, 0.15) is 12.2 Å². The molecule has 7 aliphatic rings. The highest BCUT2D eigenvalue weighted by Crippen LogP contribution is 2.70. The van der Waals surface area contributed by atoms with Gasteiger partial charge in [0.25, 0.3) is 0 Å². The van der Waals surface area contributed by atoms with E-state index in [1.54, 1.807) is 0 Å². The lowest BCUT2D eigenvalue weighted by Crippen LogP contribution is -2.59. The highest BCUT2D eigenvalue weighted by Gasteiger charge is 2.71. The molecule has 258 valence electrons. The number of carbonyl (C=O) groups excluding carboxylic acids is 3. The largest absolute Gasteiger partial charge is 0.379 e. The fourth-order valence-electron chi connectivity index (χ4n) is 11.9. The summed E-state index contributed by atoms with van der Waals surface area (Å²) in [7, 11) is 0. The number of hydrogen-bond acceptors (Lipinski definition) is 7. The monoisotopic (exact) mass is 641 g/mol. The lowest BCUT2D eigenvalue weighted by Gasteiger charge is -2.60. The average molecular weight is 642 g/mol. The molecule has 3 saturated heterocycles. The van der Waals surface area contributed by atoms with Gasteiger partial charge in [-0.25, -0.2) is 0 Å². The van der Waals surface area contributed by atoms with E-state index in [9.17, 15) is 14.4 Å². The molecular weight excluding hydrogens is 582 g/mol. The number of ketones is 1. The summed E-state index contributed by atoms with van der Waals surface area (Å²) in [5.41, 5.74) is -0.203. The summed E-state index contributed by atoms with van der Waals surface area (Å²) in [4.78, 5) is 42.1. The number of hydrogen-bond donors (Lipinski definition) is 2. The molecule has 4 saturated carbocycles. The van der Waals surface area contributed by atoms with E-state index in [2.05, 4.69) is 43.2 Å². The number of fused-ring (bicyclic) bond motifs is 7. The standard InChI is InChI=1S/C37H59N3O6/c1-23-8-11-37(45-22-23)24(2)34-30(46-37)19-29-27-7-6-25-18-26(9-10-35(25,3)28(27)20-31(41)36(29,34)4)39-33(43)21-32(42)38-12-5-13-40-14-16-44-17-15-40/h23-30,34H,5-22H2,1-4H3,(H,38,42)(H,39,43)/t23-,24+,25+,26+,27-,28+,29+,30+,34+,35+,36-,37-/m1/s1. The quantitative estimate of drug-likeness (QED) is 0.315. The molecule has 7 rings (SSSR count). The third-order valence-electron chi connectivity index (χ3n) is 14.6. The van der Waals surface area contributed by atoms with Gasteiger partial charge in [-0.1, -0.05) is 27.7 Å². The Morgan fingerprint density at radius 2 is 1.78 bits per heavy atom. The molecule has 3 aliphatic heterocycles. The molecule has 9 heteroatoms. The Balaban J connectivity index is 0.921. The lowest BCUT2D eigenvalue weighted by molar-refractivity contribution is -0.272. The van der Waals surface area contributed by atoms with Crippen LogP contribution in [0.2, 0.25) is 0 Å². The van der Waals surface area contributed by atoms with Crippen molar-refractivity contribution in [3.63, 3.8) is 0 Å². The number of carbonyl (C=O) groups is 3. The van der Waals surface area contributed by atoms with Gasteiger partial charge in [-0.05, 0) is 92.9 Å². The summed E-state index contributed by atoms with van der Waals surface area (Å²) in [6.07, 6.45) is 9.88. The lowest BCUT2D eigenvalue weighted by atomic mass is 9.44. The zero-order chi connectivity index (χ0) is 32.3. The SMILES string of the molecule is C[C@@H]1CC[C@@]2(OC1)O[C@H]1C[C@H]3[C@@H]4CC[C@H]5C[C@@H](NC(=O)CC(=O)NCCCN6CCOCC6)CC[C@]5(C)[C@H]4CC(=O)[C@]3(C)[C@H]1[C@@H]2C. The van der Waals surface area contributed by atoms with E-state index in [0.29, 0.717) is 48.3 Å². The van der Waals surface area contributed by atoms with Crippen molar-refractivity contribution in [2.24, 2.45) is 52.3 Å². The van der Waals surface area contributed by atoms with E-state index in [4.69, 9.17) is 14.2 Å². The smallest absolute Gasteiger partial charge is 0.229 e. The third kappa shape index (κ3) is 5.67. The van der Waals surface area contributed by atoms with Crippen molar-refractivity contribution in [2.45, 2.75) is 116 Å². The Kier molecular flexibility index (Phi) is 9.12. The van der Waals surface area contributed by atoms with Crippen molar-refractivity contribution in [3.05, 3.63) is 0 Å². The molecule has 0 radical (unpaired) electrons. The second kappa shape index (κ2) is 12.7. The number of ether oxygens (including phenoxy) is 3. The average Bonchev–Trinajstić information content (AvgIpc) is 3.48. The van der Waals surface area contributed by atoms with Gasteiger partial charge < -0.3 is 24.8 Å². The number of nitrogens with one attached hydrogen (secondary N) is 2. The van der Waals surface area contributed by atoms with Crippen molar-refractivity contribution in [1.29, 1.82) is 0 Å². The van der Waals surface area contributed by atoms with Crippen LogP contribution in [-0.4, -0.2) is 86.4 Å². The molecule has 4 aliphatic carbocycles. The molecular formula is C37H59N3O6. The first kappa shape index (κ1) is 33.0. The van der Waals surface area contributed by atoms with Crippen LogP contribution in [0.5, 0.6) is 0 Å². The van der Waals surface area contributed by atoms with Crippen LogP contribution in [0.4, 0.5) is 0 Å². The number of Topliss-reactive ketones (excluding diaryl/α,β-unsaturated/α-hetero) is 1. The number of morpholine rings is 1. The molecule has 0 bridgehead atoms. The Hall–Kier alpha value is -1.55. The Morgan fingerprint density at radius 1 is 0.978 bits per heavy atom. The summed E-state index contributed by atoms with van der Waals surface area (Å²) in [6, 6.07) is 0.107. The van der Waals surface area contributed by atoms with Crippen LogP contribution in [0.25, 0.3) is 0 Å². The van der Waals surface area contributed by atoms with Crippen LogP contribution in [0, 0.1) is 52.3 Å². The molecule has 12 atom stereocenters. The fraction of sp³-hybridized carbons (Fsp3) is 0.919. The molecule has 1 spiro atoms. The van der Waals surface area contributed by atoms with E-state index in [-0.39, 0.29) is 53.0 Å². The first-order valence-corrected chi connectivity index (χ1v) is 18.7. The van der Waals surface area contributed by atoms with Gasteiger partial charge in [-0.15, -0.1) is 0 Å². The number of rotatable bonds is 7. The normalized spacial score (nSPS) is 47.0. The van der Waals surface area contributed by atoms with Crippen molar-refractivity contribution < 1.29 is 28.6 Å². The molecule has 0 aromatic carbocycles. The van der Waals surface area contributed by atoms with E-state index < -0.39 is 5.79 Å². The summed E-state index contributed by atoms with van der Waals surface area (Å²) < 4.78 is 18.7. The zero-order valence-corrected chi connectivity index (χ0v) is 28.8. The predicted octanol–water partition coefficient (Wildman–Crippen LogP) is 4.33. The Labute approximate surface area is 276 Å². The van der Waals surface area contributed by atoms with Crippen LogP contribution in [0.15, 0.2) is 0 Å². The molecule has 2 N–H and O–H groups in total. The third-order valence-corrected chi connectivity index (χ3v) is 14.6. The second-order valence-corrected chi connectivity index (χ2v) is 16.9. The van der Waals surface area contributed by atoms with Gasteiger partial charge in [0.2, 0.25) is 11.8 Å². The molecule has 9 nitrogen and oxygen atoms in total. The minimum Gasteiger partial charge on any atom is -0.379 e. The second-order valence-electron chi connectivity index (χ2n) is 16.9. The van der Waals surface area contributed by atoms with Crippen LogP contribution in [0.1, 0.15) is 98.3 Å². The minimum atomic E-state index is -0.497. The van der Waals surface area contributed by atoms with E-state index in [1.807, 2.05) is 0 Å². The molecule has 3 heterocycles. The van der Waals surface area contributed by atoms with Crippen LogP contribution in [0.3, 0.4) is 0 Å². The first-order valence-electron chi connectivity index (χ1n) is 18.7. The molecule has 2 amide bonds. The van der Waals surface area contributed by atoms with Gasteiger partial charge in [0.15, 0.2) is 5.79 Å². The summed E-state index contributed by atoms with van der Waals surface area (Å²) in [5, 5.41) is 6.14. The van der Waals surface area contributed by atoms with Gasteiger partial charge in [0, 0.05) is 55.8 Å². The highest BCUT2D eigenvalue weighted by atomic mass is 16.7. The Bertz CT molecular complexity index is 1170. The summed E-state index contributed by atoms with van der Waals surface area (Å²) in [6.45, 7) is 15.0.